The van der Waals surface area contributed by atoms with Crippen molar-refractivity contribution in [3.63, 3.8) is 0 Å². The predicted octanol–water partition coefficient (Wildman–Crippen LogP) is 4.71. The Bertz CT molecular complexity index is 751. The molecule has 0 aliphatic heterocycles. The number of aromatic nitrogens is 2. The first-order valence-electron chi connectivity index (χ1n) is 7.39. The molecule has 0 atom stereocenters. The van der Waals surface area contributed by atoms with Crippen LogP contribution >= 0.6 is 11.3 Å². The molecule has 0 saturated heterocycles. The third kappa shape index (κ3) is 4.38. The summed E-state index contributed by atoms with van der Waals surface area (Å²) < 4.78 is 39.3. The molecule has 2 aromatic heterocycles. The summed E-state index contributed by atoms with van der Waals surface area (Å²) in [5, 5.41) is 4.03. The van der Waals surface area contributed by atoms with Crippen LogP contribution in [-0.2, 0) is 19.6 Å². The van der Waals surface area contributed by atoms with Gasteiger partial charge in [-0.05, 0) is 34.5 Å². The lowest BCUT2D eigenvalue weighted by Crippen LogP contribution is -2.26. The van der Waals surface area contributed by atoms with Gasteiger partial charge in [0.05, 0.1) is 6.54 Å². The van der Waals surface area contributed by atoms with Gasteiger partial charge in [0.25, 0.3) is 0 Å². The van der Waals surface area contributed by atoms with Crippen LogP contribution in [0.3, 0.4) is 0 Å². The van der Waals surface area contributed by atoms with E-state index < -0.39 is 12.7 Å². The molecule has 0 radical (unpaired) electrons. The molecule has 0 spiro atoms. The largest absolute Gasteiger partial charge is 0.406 e. The first-order chi connectivity index (χ1) is 11.5. The smallest absolute Gasteiger partial charge is 0.360 e. The molecule has 0 fully saturated rings. The Labute approximate surface area is 142 Å². The molecule has 0 bridgehead atoms. The molecule has 1 aromatic carbocycles. The zero-order valence-electron chi connectivity index (χ0n) is 12.8. The lowest BCUT2D eigenvalue weighted by molar-refractivity contribution is -0.141. The fraction of sp³-hybridized carbons (Fsp3) is 0.235. The molecule has 0 amide bonds. The van der Waals surface area contributed by atoms with Crippen molar-refractivity contribution < 1.29 is 13.2 Å². The number of halogens is 3. The minimum Gasteiger partial charge on any atom is -0.360 e. The van der Waals surface area contributed by atoms with Crippen LogP contribution in [0.15, 0.2) is 59.6 Å². The highest BCUT2D eigenvalue weighted by Crippen LogP contribution is 2.22. The maximum absolute atomic E-state index is 12.7. The topological polar surface area (TPSA) is 21.1 Å². The Morgan fingerprint density at radius 2 is 1.88 bits per heavy atom. The predicted molar refractivity (Wildman–Crippen MR) is 88.9 cm³/mol. The van der Waals surface area contributed by atoms with Crippen LogP contribution in [0.2, 0.25) is 0 Å². The summed E-state index contributed by atoms with van der Waals surface area (Å²) in [4.78, 5) is 6.14. The fourth-order valence-electron chi connectivity index (χ4n) is 2.48. The van der Waals surface area contributed by atoms with Crippen LogP contribution in [-0.4, -0.2) is 15.7 Å². The maximum Gasteiger partial charge on any atom is 0.406 e. The van der Waals surface area contributed by atoms with Crippen molar-refractivity contribution in [1.29, 1.82) is 0 Å². The molecule has 3 nitrogen and oxygen atoms in total. The van der Waals surface area contributed by atoms with Gasteiger partial charge < -0.3 is 9.47 Å². The number of imidazole rings is 1. The minimum absolute atomic E-state index is 0.308. The summed E-state index contributed by atoms with van der Waals surface area (Å²) in [6.45, 7) is -0.0985. The van der Waals surface area contributed by atoms with Gasteiger partial charge >= 0.3 is 6.18 Å². The Hall–Kier alpha value is -2.28. The molecule has 126 valence electrons. The quantitative estimate of drug-likeness (QED) is 0.641. The molecular weight excluding hydrogens is 335 g/mol. The van der Waals surface area contributed by atoms with E-state index in [2.05, 4.69) is 4.98 Å². The van der Waals surface area contributed by atoms with Gasteiger partial charge in [-0.15, -0.1) is 0 Å². The van der Waals surface area contributed by atoms with Crippen molar-refractivity contribution in [2.45, 2.75) is 25.8 Å². The van der Waals surface area contributed by atoms with Gasteiger partial charge in [0.1, 0.15) is 12.4 Å². The van der Waals surface area contributed by atoms with Gasteiger partial charge in [0.15, 0.2) is 0 Å². The molecular formula is C17H16F3N3S. The summed E-state index contributed by atoms with van der Waals surface area (Å²) in [7, 11) is 0. The molecule has 0 N–H and O–H groups in total. The van der Waals surface area contributed by atoms with E-state index in [1.165, 1.54) is 12.4 Å². The van der Waals surface area contributed by atoms with E-state index in [0.29, 0.717) is 18.9 Å². The highest BCUT2D eigenvalue weighted by molar-refractivity contribution is 7.07. The first-order valence-corrected chi connectivity index (χ1v) is 8.33. The molecule has 0 unspecified atom stereocenters. The van der Waals surface area contributed by atoms with E-state index in [4.69, 9.17) is 0 Å². The number of hydrogen-bond donors (Lipinski definition) is 0. The van der Waals surface area contributed by atoms with Crippen LogP contribution in [0.5, 0.6) is 0 Å². The highest BCUT2D eigenvalue weighted by atomic mass is 32.1. The number of anilines is 1. The second-order valence-corrected chi connectivity index (χ2v) is 6.19. The maximum atomic E-state index is 12.7. The normalized spacial score (nSPS) is 11.6. The third-order valence-corrected chi connectivity index (χ3v) is 4.29. The number of thiophene rings is 1. The Morgan fingerprint density at radius 3 is 2.54 bits per heavy atom. The van der Waals surface area contributed by atoms with E-state index in [-0.39, 0.29) is 0 Å². The number of alkyl halides is 3. The molecule has 7 heteroatoms. The minimum atomic E-state index is -4.26. The molecule has 24 heavy (non-hydrogen) atoms. The summed E-state index contributed by atoms with van der Waals surface area (Å²) in [6, 6.07) is 11.7. The second kappa shape index (κ2) is 7.09. The van der Waals surface area contributed by atoms with Gasteiger partial charge in [-0.2, -0.15) is 24.5 Å². The number of hydrogen-bond acceptors (Lipinski definition) is 3. The Morgan fingerprint density at radius 1 is 1.08 bits per heavy atom. The summed E-state index contributed by atoms with van der Waals surface area (Å²) in [5.74, 6) is 0.395. The van der Waals surface area contributed by atoms with Crippen LogP contribution in [0.4, 0.5) is 18.9 Å². The van der Waals surface area contributed by atoms with Crippen molar-refractivity contribution in [1.82, 2.24) is 9.55 Å². The molecule has 3 aromatic rings. The van der Waals surface area contributed by atoms with Crippen molar-refractivity contribution in [3.8, 4) is 0 Å². The van der Waals surface area contributed by atoms with Gasteiger partial charge in [-0.25, -0.2) is 4.98 Å². The van der Waals surface area contributed by atoms with Crippen molar-refractivity contribution in [2.75, 3.05) is 4.90 Å². The zero-order chi connectivity index (χ0) is 17.0. The Balaban J connectivity index is 1.83. The van der Waals surface area contributed by atoms with E-state index in [9.17, 15) is 13.2 Å². The summed E-state index contributed by atoms with van der Waals surface area (Å²) >= 11 is 1.60. The lowest BCUT2D eigenvalue weighted by atomic mass is 10.2. The summed E-state index contributed by atoms with van der Waals surface area (Å²) in [5.41, 5.74) is 2.07. The SMILES string of the molecule is FC(F)(F)Cn1ccnc1CN(Cc1ccsc1)c1ccccc1. The zero-order valence-corrected chi connectivity index (χ0v) is 13.6. The number of rotatable bonds is 6. The average Bonchev–Trinajstić information content (AvgIpc) is 3.19. The van der Waals surface area contributed by atoms with Crippen LogP contribution in [0, 0.1) is 0 Å². The van der Waals surface area contributed by atoms with Crippen LogP contribution in [0.25, 0.3) is 0 Å². The average molecular weight is 351 g/mol. The third-order valence-electron chi connectivity index (χ3n) is 3.56. The molecule has 3 rings (SSSR count). The fourth-order valence-corrected chi connectivity index (χ4v) is 3.14. The Kier molecular flexibility index (Phi) is 4.89. The van der Waals surface area contributed by atoms with Gasteiger partial charge in [-0.3, -0.25) is 0 Å². The van der Waals surface area contributed by atoms with E-state index >= 15 is 0 Å². The van der Waals surface area contributed by atoms with Crippen molar-refractivity contribution >= 4 is 17.0 Å². The van der Waals surface area contributed by atoms with E-state index in [1.807, 2.05) is 52.1 Å². The molecule has 0 aliphatic rings. The van der Waals surface area contributed by atoms with E-state index in [1.54, 1.807) is 11.3 Å². The van der Waals surface area contributed by atoms with Gasteiger partial charge in [0.2, 0.25) is 0 Å². The number of para-hydroxylation sites is 1. The number of nitrogens with zero attached hydrogens (tertiary/aromatic N) is 3. The van der Waals surface area contributed by atoms with Crippen molar-refractivity contribution in [3.05, 3.63) is 70.9 Å². The molecule has 2 heterocycles. The van der Waals surface area contributed by atoms with Gasteiger partial charge in [-0.1, -0.05) is 18.2 Å². The highest BCUT2D eigenvalue weighted by Gasteiger charge is 2.29. The van der Waals surface area contributed by atoms with E-state index in [0.717, 1.165) is 15.8 Å². The standard InChI is InChI=1S/C17H16F3N3S/c18-17(19,20)13-22-8-7-21-16(22)11-23(10-14-6-9-24-12-14)15-4-2-1-3-5-15/h1-9,12H,10-11,13H2. The monoisotopic (exact) mass is 351 g/mol. The number of benzene rings is 1. The van der Waals surface area contributed by atoms with Gasteiger partial charge in [0, 0.05) is 24.6 Å². The molecule has 0 aliphatic carbocycles. The molecule has 0 saturated carbocycles. The summed E-state index contributed by atoms with van der Waals surface area (Å²) in [6.07, 6.45) is -1.48. The van der Waals surface area contributed by atoms with Crippen LogP contribution in [0.1, 0.15) is 11.4 Å². The lowest BCUT2D eigenvalue weighted by Gasteiger charge is -2.25. The second-order valence-electron chi connectivity index (χ2n) is 5.41. The first kappa shape index (κ1) is 16.6. The van der Waals surface area contributed by atoms with Crippen molar-refractivity contribution in [2.24, 2.45) is 0 Å². The van der Waals surface area contributed by atoms with Crippen LogP contribution < -0.4 is 4.90 Å².